The van der Waals surface area contributed by atoms with Gasteiger partial charge in [-0.2, -0.15) is 0 Å². The summed E-state index contributed by atoms with van der Waals surface area (Å²) in [5.41, 5.74) is 2.19. The van der Waals surface area contributed by atoms with Crippen molar-refractivity contribution < 1.29 is 44.1 Å². The second-order valence-corrected chi connectivity index (χ2v) is 15.2. The molecule has 1 aromatic rings. The van der Waals surface area contributed by atoms with Crippen LogP contribution in [0.1, 0.15) is 89.0 Å². The normalized spacial score (nSPS) is 15.8. The summed E-state index contributed by atoms with van der Waals surface area (Å²) in [6.07, 6.45) is 6.48. The summed E-state index contributed by atoms with van der Waals surface area (Å²) >= 11 is 5.47. The van der Waals surface area contributed by atoms with Crippen molar-refractivity contribution in [1.82, 2.24) is 47.9 Å². The van der Waals surface area contributed by atoms with Crippen molar-refractivity contribution in [3.8, 4) is 0 Å². The molecular weight excluding hydrogens is 797 g/mol. The van der Waals surface area contributed by atoms with E-state index in [0.29, 0.717) is 62.9 Å². The van der Waals surface area contributed by atoms with Gasteiger partial charge < -0.3 is 68.5 Å². The standard InChI is InChI=1S/C40H68N10O9S/c51-34(45-18-6-5-9-32(37(55)56)49-39(59)50-33(38(57)58)16-17-36(53)54)10-3-1-2-4-11-35(52)46-19-7-8-20-47-40(60)48-30-14-12-29(13-15-30)27-31-28-43-24-23-41-21-22-42-25-26-44-31/h12-15,31-33,41-44H,1-11,16-28H2,(H,45,51)(H,46,52)(H,53,54)(H,55,56)(H,57,58)(H2,47,48,60)(H2,49,50,59)/t31?,32-,33-/m0/s1. The molecule has 0 aliphatic carbocycles. The Morgan fingerprint density at radius 1 is 0.617 bits per heavy atom. The lowest BCUT2D eigenvalue weighted by Crippen LogP contribution is -2.51. The van der Waals surface area contributed by atoms with Crippen LogP contribution in [0.2, 0.25) is 0 Å². The molecule has 0 spiro atoms. The van der Waals surface area contributed by atoms with Crippen molar-refractivity contribution in [3.63, 3.8) is 0 Å². The predicted octanol–water partition coefficient (Wildman–Crippen LogP) is 0.850. The molecule has 19 nitrogen and oxygen atoms in total. The van der Waals surface area contributed by atoms with Crippen molar-refractivity contribution >= 4 is 58.8 Å². The van der Waals surface area contributed by atoms with E-state index in [9.17, 15) is 33.9 Å². The SMILES string of the molecule is O=C(O)CC[C@H](NC(=O)N[C@@H](CCCCNC(=O)CCCCCCC(=O)NCCCCNC(=S)Nc1ccc(CC2CNCCNCCNCCN2)cc1)C(=O)O)C(=O)O. The zero-order valence-corrected chi connectivity index (χ0v) is 35.5. The van der Waals surface area contributed by atoms with Gasteiger partial charge in [-0.1, -0.05) is 25.0 Å². The van der Waals surface area contributed by atoms with Crippen LogP contribution in [0.3, 0.4) is 0 Å². The second-order valence-electron chi connectivity index (χ2n) is 14.8. The van der Waals surface area contributed by atoms with E-state index in [0.717, 1.165) is 90.0 Å². The number of urea groups is 1. The van der Waals surface area contributed by atoms with Crippen LogP contribution in [0.15, 0.2) is 24.3 Å². The first kappa shape index (κ1) is 51.5. The maximum atomic E-state index is 12.2. The number of benzene rings is 1. The third kappa shape index (κ3) is 26.5. The fourth-order valence-electron chi connectivity index (χ4n) is 6.27. The third-order valence-electron chi connectivity index (χ3n) is 9.64. The average Bonchev–Trinajstić information content (AvgIpc) is 3.20. The van der Waals surface area contributed by atoms with Crippen LogP contribution in [0.4, 0.5) is 10.5 Å². The fraction of sp³-hybridized carbons (Fsp3) is 0.675. The lowest BCUT2D eigenvalue weighted by atomic mass is 10.1. The largest absolute Gasteiger partial charge is 0.481 e. The Kier molecular flexibility index (Phi) is 27.6. The fourth-order valence-corrected chi connectivity index (χ4v) is 6.49. The number of aliphatic carboxylic acids is 3. The molecule has 3 atom stereocenters. The number of amides is 4. The maximum Gasteiger partial charge on any atom is 0.326 e. The van der Waals surface area contributed by atoms with Gasteiger partial charge >= 0.3 is 23.9 Å². The van der Waals surface area contributed by atoms with E-state index < -0.39 is 42.4 Å². The number of carboxylic acid groups (broad SMARTS) is 3. The first-order valence-electron chi connectivity index (χ1n) is 21.2. The number of nitrogens with one attached hydrogen (secondary N) is 10. The minimum atomic E-state index is -1.48. The molecule has 1 fully saturated rings. The minimum Gasteiger partial charge on any atom is -0.481 e. The van der Waals surface area contributed by atoms with Crippen LogP contribution in [0.5, 0.6) is 0 Å². The first-order valence-corrected chi connectivity index (χ1v) is 21.6. The Bertz CT molecular complexity index is 1450. The van der Waals surface area contributed by atoms with Crippen LogP contribution in [-0.4, -0.2) is 140 Å². The average molecular weight is 865 g/mol. The van der Waals surface area contributed by atoms with E-state index in [1.807, 2.05) is 12.1 Å². The van der Waals surface area contributed by atoms with Gasteiger partial charge in [-0.05, 0) is 87.7 Å². The van der Waals surface area contributed by atoms with Crippen molar-refractivity contribution in [2.24, 2.45) is 0 Å². The Balaban J connectivity index is 1.45. The second kappa shape index (κ2) is 32.2. The number of rotatable bonds is 27. The number of hydrogen-bond acceptors (Lipinski definition) is 11. The van der Waals surface area contributed by atoms with Gasteiger partial charge in [0.15, 0.2) is 5.11 Å². The molecule has 1 aliphatic heterocycles. The number of carbonyl (C=O) groups is 6. The quantitative estimate of drug-likeness (QED) is 0.0431. The van der Waals surface area contributed by atoms with E-state index in [1.165, 1.54) is 5.56 Å². The number of unbranched alkanes of at least 4 members (excludes halogenated alkanes) is 5. The van der Waals surface area contributed by atoms with Gasteiger partial charge in [0.2, 0.25) is 11.8 Å². The maximum absolute atomic E-state index is 12.2. The molecule has 0 saturated carbocycles. The van der Waals surface area contributed by atoms with Gasteiger partial charge in [-0.15, -0.1) is 0 Å². The Labute approximate surface area is 358 Å². The zero-order chi connectivity index (χ0) is 43.8. The van der Waals surface area contributed by atoms with E-state index in [4.69, 9.17) is 22.4 Å². The van der Waals surface area contributed by atoms with Gasteiger partial charge in [0.05, 0.1) is 0 Å². The Hall–Kier alpha value is -4.63. The molecule has 13 N–H and O–H groups in total. The van der Waals surface area contributed by atoms with Crippen LogP contribution in [-0.2, 0) is 30.4 Å². The lowest BCUT2D eigenvalue weighted by Gasteiger charge is -2.21. The van der Waals surface area contributed by atoms with Crippen molar-refractivity contribution in [2.45, 2.75) is 108 Å². The minimum absolute atomic E-state index is 0.00944. The van der Waals surface area contributed by atoms with Crippen LogP contribution < -0.4 is 53.2 Å². The van der Waals surface area contributed by atoms with Gasteiger partial charge in [-0.3, -0.25) is 14.4 Å². The molecule has 2 rings (SSSR count). The van der Waals surface area contributed by atoms with E-state index >= 15 is 0 Å². The van der Waals surface area contributed by atoms with Crippen LogP contribution >= 0.6 is 12.2 Å². The van der Waals surface area contributed by atoms with E-state index in [-0.39, 0.29) is 24.7 Å². The monoisotopic (exact) mass is 864 g/mol. The summed E-state index contributed by atoms with van der Waals surface area (Å²) in [5.74, 6) is -4.08. The van der Waals surface area contributed by atoms with Crippen molar-refractivity contribution in [3.05, 3.63) is 29.8 Å². The molecule has 1 saturated heterocycles. The van der Waals surface area contributed by atoms with Gasteiger partial charge in [0.1, 0.15) is 12.1 Å². The topological polar surface area (TPSA) is 283 Å². The highest BCUT2D eigenvalue weighted by atomic mass is 32.1. The molecule has 1 heterocycles. The van der Waals surface area contributed by atoms with Crippen molar-refractivity contribution in [1.29, 1.82) is 0 Å². The number of hydrogen-bond donors (Lipinski definition) is 13. The molecule has 0 radical (unpaired) electrons. The first-order chi connectivity index (χ1) is 28.9. The highest BCUT2D eigenvalue weighted by Crippen LogP contribution is 2.12. The molecule has 0 aromatic heterocycles. The Morgan fingerprint density at radius 2 is 1.13 bits per heavy atom. The molecule has 1 aromatic carbocycles. The summed E-state index contributed by atoms with van der Waals surface area (Å²) in [5, 5.41) is 58.4. The molecular formula is C40H68N10O9S. The third-order valence-corrected chi connectivity index (χ3v) is 9.89. The summed E-state index contributed by atoms with van der Waals surface area (Å²) in [6.45, 7) is 8.27. The lowest BCUT2D eigenvalue weighted by molar-refractivity contribution is -0.141. The summed E-state index contributed by atoms with van der Waals surface area (Å²) < 4.78 is 0. The van der Waals surface area contributed by atoms with E-state index in [1.54, 1.807) is 0 Å². The zero-order valence-electron chi connectivity index (χ0n) is 34.7. The number of carbonyl (C=O) groups excluding carboxylic acids is 3. The summed E-state index contributed by atoms with van der Waals surface area (Å²) in [4.78, 5) is 70.0. The predicted molar refractivity (Wildman–Crippen MR) is 233 cm³/mol. The molecule has 4 amide bonds. The molecule has 60 heavy (non-hydrogen) atoms. The smallest absolute Gasteiger partial charge is 0.326 e. The number of thiocarbonyl (C=S) groups is 1. The van der Waals surface area contributed by atoms with Crippen molar-refractivity contribution in [2.75, 3.05) is 70.8 Å². The molecule has 20 heteroatoms. The molecule has 1 unspecified atom stereocenters. The highest BCUT2D eigenvalue weighted by molar-refractivity contribution is 7.80. The van der Waals surface area contributed by atoms with Gasteiger partial charge in [0, 0.05) is 96.4 Å². The molecule has 338 valence electrons. The van der Waals surface area contributed by atoms with Crippen LogP contribution in [0, 0.1) is 0 Å². The van der Waals surface area contributed by atoms with E-state index in [2.05, 4.69) is 65.3 Å². The molecule has 1 aliphatic rings. The number of anilines is 1. The highest BCUT2D eigenvalue weighted by Gasteiger charge is 2.24. The summed E-state index contributed by atoms with van der Waals surface area (Å²) in [7, 11) is 0. The number of carboxylic acids is 3. The molecule has 0 bridgehead atoms. The Morgan fingerprint density at radius 3 is 1.70 bits per heavy atom. The van der Waals surface area contributed by atoms with Gasteiger partial charge in [-0.25, -0.2) is 14.4 Å². The summed E-state index contributed by atoms with van der Waals surface area (Å²) in [6, 6.07) is 4.92. The van der Waals surface area contributed by atoms with Crippen LogP contribution in [0.25, 0.3) is 0 Å². The van der Waals surface area contributed by atoms with Gasteiger partial charge in [0.25, 0.3) is 0 Å².